The Kier molecular flexibility index (Phi) is 3.66. The second-order valence-corrected chi connectivity index (χ2v) is 5.35. The van der Waals surface area contributed by atoms with Gasteiger partial charge in [-0.25, -0.2) is 14.6 Å². The number of carbonyl (C=O) groups excluding carboxylic acids is 1. The summed E-state index contributed by atoms with van der Waals surface area (Å²) in [6.45, 7) is 4.62. The third-order valence-corrected chi connectivity index (χ3v) is 3.74. The van der Waals surface area contributed by atoms with Gasteiger partial charge in [0.2, 0.25) is 0 Å². The summed E-state index contributed by atoms with van der Waals surface area (Å²) in [6.07, 6.45) is 4.64. The smallest absolute Gasteiger partial charge is 0.254 e. The highest BCUT2D eigenvalue weighted by Gasteiger charge is 2.26. The first-order chi connectivity index (χ1) is 10.1. The van der Waals surface area contributed by atoms with E-state index in [2.05, 4.69) is 33.9 Å². The van der Waals surface area contributed by atoms with E-state index in [9.17, 15) is 4.79 Å². The normalized spacial score (nSPS) is 19.7. The molecule has 1 amide bonds. The van der Waals surface area contributed by atoms with Gasteiger partial charge in [0.25, 0.3) is 5.91 Å². The summed E-state index contributed by atoms with van der Waals surface area (Å²) in [7, 11) is 2.08. The van der Waals surface area contributed by atoms with Crippen LogP contribution in [0.2, 0.25) is 0 Å². The molecule has 0 aromatic carbocycles. The van der Waals surface area contributed by atoms with Gasteiger partial charge < -0.3 is 9.80 Å². The predicted molar refractivity (Wildman–Crippen MR) is 77.1 cm³/mol. The molecular formula is C14H18N6O. The molecule has 7 heteroatoms. The van der Waals surface area contributed by atoms with E-state index in [4.69, 9.17) is 0 Å². The molecule has 0 spiro atoms. The number of likely N-dealkylation sites (N-methyl/N-ethyl adjacent to an activating group) is 1. The lowest BCUT2D eigenvalue weighted by atomic mass is 10.1. The highest BCUT2D eigenvalue weighted by atomic mass is 16.2. The van der Waals surface area contributed by atoms with Crippen molar-refractivity contribution in [1.82, 2.24) is 29.5 Å². The van der Waals surface area contributed by atoms with Crippen LogP contribution in [-0.2, 0) is 0 Å². The summed E-state index contributed by atoms with van der Waals surface area (Å²) in [4.78, 5) is 24.9. The highest BCUT2D eigenvalue weighted by Crippen LogP contribution is 2.14. The van der Waals surface area contributed by atoms with E-state index in [-0.39, 0.29) is 11.9 Å². The lowest BCUT2D eigenvalue weighted by molar-refractivity contribution is 0.0533. The molecule has 21 heavy (non-hydrogen) atoms. The number of rotatable bonds is 2. The van der Waals surface area contributed by atoms with Gasteiger partial charge in [-0.1, -0.05) is 0 Å². The molecule has 3 heterocycles. The van der Waals surface area contributed by atoms with Crippen LogP contribution in [0.4, 0.5) is 0 Å². The fourth-order valence-corrected chi connectivity index (χ4v) is 2.61. The van der Waals surface area contributed by atoms with Crippen LogP contribution in [0.1, 0.15) is 17.3 Å². The van der Waals surface area contributed by atoms with Gasteiger partial charge in [-0.05, 0) is 26.1 Å². The molecule has 0 unspecified atom stereocenters. The van der Waals surface area contributed by atoms with Crippen LogP contribution in [0.25, 0.3) is 5.82 Å². The monoisotopic (exact) mass is 286 g/mol. The Hall–Kier alpha value is -2.28. The van der Waals surface area contributed by atoms with Crippen molar-refractivity contribution in [2.75, 3.05) is 26.7 Å². The first kappa shape index (κ1) is 13.7. The molecule has 0 saturated carbocycles. The van der Waals surface area contributed by atoms with Gasteiger partial charge in [0.15, 0.2) is 5.82 Å². The Balaban J connectivity index is 1.83. The Labute approximate surface area is 123 Å². The van der Waals surface area contributed by atoms with E-state index < -0.39 is 0 Å². The van der Waals surface area contributed by atoms with Gasteiger partial charge in [-0.15, -0.1) is 0 Å². The molecule has 1 saturated heterocycles. The number of carbonyl (C=O) groups is 1. The Morgan fingerprint density at radius 2 is 2.24 bits per heavy atom. The number of pyridine rings is 1. The van der Waals surface area contributed by atoms with E-state index in [0.717, 1.165) is 19.6 Å². The minimum atomic E-state index is 0.0411. The summed E-state index contributed by atoms with van der Waals surface area (Å²) in [5.41, 5.74) is 0.631. The van der Waals surface area contributed by atoms with E-state index in [0.29, 0.717) is 11.4 Å². The largest absolute Gasteiger partial charge is 0.333 e. The topological polar surface area (TPSA) is 67.2 Å². The van der Waals surface area contributed by atoms with Crippen LogP contribution in [0.3, 0.4) is 0 Å². The Morgan fingerprint density at radius 1 is 1.38 bits per heavy atom. The van der Waals surface area contributed by atoms with Crippen molar-refractivity contribution in [3.05, 3.63) is 36.5 Å². The maximum Gasteiger partial charge on any atom is 0.254 e. The van der Waals surface area contributed by atoms with Crippen molar-refractivity contribution in [3.8, 4) is 5.82 Å². The van der Waals surface area contributed by atoms with E-state index in [1.165, 1.54) is 6.33 Å². The second kappa shape index (κ2) is 5.61. The summed E-state index contributed by atoms with van der Waals surface area (Å²) in [6, 6.07) is 3.70. The first-order valence-electron chi connectivity index (χ1n) is 6.95. The van der Waals surface area contributed by atoms with Crippen LogP contribution in [-0.4, -0.2) is 68.2 Å². The minimum absolute atomic E-state index is 0.0411. The SMILES string of the molecule is C[C@H]1CN(C)CCN1C(=O)c1ccnc(-n2cncn2)c1. The van der Waals surface area contributed by atoms with Crippen molar-refractivity contribution >= 4 is 5.91 Å². The number of nitrogens with zero attached hydrogens (tertiary/aromatic N) is 6. The van der Waals surface area contributed by atoms with Crippen molar-refractivity contribution in [2.45, 2.75) is 13.0 Å². The molecule has 3 rings (SSSR count). The summed E-state index contributed by atoms with van der Waals surface area (Å²) >= 11 is 0. The lowest BCUT2D eigenvalue weighted by Crippen LogP contribution is -2.52. The van der Waals surface area contributed by atoms with E-state index in [1.807, 2.05) is 4.90 Å². The average Bonchev–Trinajstić information content (AvgIpc) is 3.01. The van der Waals surface area contributed by atoms with Crippen molar-refractivity contribution in [3.63, 3.8) is 0 Å². The van der Waals surface area contributed by atoms with Crippen molar-refractivity contribution in [2.24, 2.45) is 0 Å². The Morgan fingerprint density at radius 3 is 2.95 bits per heavy atom. The molecule has 0 bridgehead atoms. The molecule has 110 valence electrons. The van der Waals surface area contributed by atoms with Crippen LogP contribution < -0.4 is 0 Å². The summed E-state index contributed by atoms with van der Waals surface area (Å²) < 4.78 is 1.55. The van der Waals surface area contributed by atoms with Gasteiger partial charge in [-0.2, -0.15) is 5.10 Å². The zero-order valence-electron chi connectivity index (χ0n) is 12.2. The van der Waals surface area contributed by atoms with E-state index in [1.54, 1.807) is 29.3 Å². The fourth-order valence-electron chi connectivity index (χ4n) is 2.61. The molecule has 0 radical (unpaired) electrons. The minimum Gasteiger partial charge on any atom is -0.333 e. The first-order valence-corrected chi connectivity index (χ1v) is 6.95. The van der Waals surface area contributed by atoms with Gasteiger partial charge in [-0.3, -0.25) is 4.79 Å². The molecule has 1 aliphatic heterocycles. The number of aromatic nitrogens is 4. The molecule has 1 atom stereocenters. The van der Waals surface area contributed by atoms with Gasteiger partial charge in [0.1, 0.15) is 12.7 Å². The highest BCUT2D eigenvalue weighted by molar-refractivity contribution is 5.94. The van der Waals surface area contributed by atoms with Crippen LogP contribution >= 0.6 is 0 Å². The molecule has 2 aromatic heterocycles. The molecule has 1 fully saturated rings. The van der Waals surface area contributed by atoms with Gasteiger partial charge in [0, 0.05) is 37.4 Å². The molecule has 2 aromatic rings. The standard InChI is InChI=1S/C14H18N6O/c1-11-8-18(2)5-6-19(11)14(21)12-3-4-16-13(7-12)20-10-15-9-17-20/h3-4,7,9-11H,5-6,8H2,1-2H3/t11-/m0/s1. The van der Waals surface area contributed by atoms with E-state index >= 15 is 0 Å². The number of amides is 1. The average molecular weight is 286 g/mol. The predicted octanol–water partition coefficient (Wildman–Crippen LogP) is 0.438. The van der Waals surface area contributed by atoms with Crippen LogP contribution in [0.15, 0.2) is 31.0 Å². The van der Waals surface area contributed by atoms with Crippen molar-refractivity contribution < 1.29 is 4.79 Å². The maximum atomic E-state index is 12.7. The maximum absolute atomic E-state index is 12.7. The van der Waals surface area contributed by atoms with Crippen LogP contribution in [0.5, 0.6) is 0 Å². The molecule has 0 N–H and O–H groups in total. The number of hydrogen-bond donors (Lipinski definition) is 0. The van der Waals surface area contributed by atoms with Crippen LogP contribution in [0, 0.1) is 0 Å². The third kappa shape index (κ3) is 2.78. The second-order valence-electron chi connectivity index (χ2n) is 5.35. The Bertz CT molecular complexity index is 626. The number of piperazine rings is 1. The molecule has 7 nitrogen and oxygen atoms in total. The zero-order chi connectivity index (χ0) is 14.8. The van der Waals surface area contributed by atoms with Crippen molar-refractivity contribution in [1.29, 1.82) is 0 Å². The molecule has 1 aliphatic rings. The lowest BCUT2D eigenvalue weighted by Gasteiger charge is -2.38. The molecule has 0 aliphatic carbocycles. The number of hydrogen-bond acceptors (Lipinski definition) is 5. The fraction of sp³-hybridized carbons (Fsp3) is 0.429. The summed E-state index contributed by atoms with van der Waals surface area (Å²) in [5.74, 6) is 0.638. The quantitative estimate of drug-likeness (QED) is 0.801. The third-order valence-electron chi connectivity index (χ3n) is 3.74. The molecular weight excluding hydrogens is 268 g/mol. The zero-order valence-corrected chi connectivity index (χ0v) is 12.2. The summed E-state index contributed by atoms with van der Waals surface area (Å²) in [5, 5.41) is 4.04. The van der Waals surface area contributed by atoms with Gasteiger partial charge >= 0.3 is 0 Å². The van der Waals surface area contributed by atoms with Gasteiger partial charge in [0.05, 0.1) is 0 Å².